The monoisotopic (exact) mass is 238 g/mol. The van der Waals surface area contributed by atoms with E-state index >= 15 is 0 Å². The molecule has 1 aliphatic rings. The van der Waals surface area contributed by atoms with Crippen LogP contribution in [0.25, 0.3) is 0 Å². The summed E-state index contributed by atoms with van der Waals surface area (Å²) in [6, 6.07) is 0. The smallest absolute Gasteiger partial charge is 0.329 e. The van der Waals surface area contributed by atoms with Crippen molar-refractivity contribution in [3.8, 4) is 0 Å². The number of carboxylic acids is 1. The van der Waals surface area contributed by atoms with Crippen molar-refractivity contribution in [1.29, 1.82) is 0 Å². The fourth-order valence-corrected chi connectivity index (χ4v) is 1.36. The number of carbonyl (C=O) groups is 1. The predicted octanol–water partition coefficient (Wildman–Crippen LogP) is -3.11. The maximum atomic E-state index is 10.2. The topological polar surface area (TPSA) is 137 Å². The highest BCUT2D eigenvalue weighted by atomic mass is 16.7. The van der Waals surface area contributed by atoms with Gasteiger partial charge in [-0.25, -0.2) is 4.79 Å². The van der Waals surface area contributed by atoms with Gasteiger partial charge in [0.05, 0.1) is 6.61 Å². The van der Waals surface area contributed by atoms with Gasteiger partial charge < -0.3 is 35.0 Å². The SMILES string of the molecule is O=C(O)CO[C@@H]1OC(CO)[C@@H](O)[C@H](O)C1O. The van der Waals surface area contributed by atoms with Gasteiger partial charge in [-0.05, 0) is 0 Å². The maximum Gasteiger partial charge on any atom is 0.329 e. The molecule has 5 N–H and O–H groups in total. The third kappa shape index (κ3) is 2.88. The first-order chi connectivity index (χ1) is 7.47. The normalized spacial score (nSPS) is 39.6. The van der Waals surface area contributed by atoms with Crippen molar-refractivity contribution in [2.24, 2.45) is 0 Å². The lowest BCUT2D eigenvalue weighted by atomic mass is 9.99. The number of aliphatic carboxylic acids is 1. The number of aliphatic hydroxyl groups excluding tert-OH is 4. The number of rotatable bonds is 4. The van der Waals surface area contributed by atoms with Crippen molar-refractivity contribution in [2.45, 2.75) is 30.7 Å². The van der Waals surface area contributed by atoms with E-state index in [1.165, 1.54) is 0 Å². The first-order valence-corrected chi connectivity index (χ1v) is 4.61. The molecule has 0 bridgehead atoms. The van der Waals surface area contributed by atoms with Crippen LogP contribution in [0.1, 0.15) is 0 Å². The number of aliphatic hydroxyl groups is 4. The molecule has 8 heteroatoms. The zero-order chi connectivity index (χ0) is 12.3. The molecule has 2 unspecified atom stereocenters. The summed E-state index contributed by atoms with van der Waals surface area (Å²) in [6.07, 6.45) is -7.12. The molecular formula is C8H14O8. The molecule has 1 rings (SSSR count). The Labute approximate surface area is 90.6 Å². The first-order valence-electron chi connectivity index (χ1n) is 4.61. The molecule has 0 radical (unpaired) electrons. The van der Waals surface area contributed by atoms with E-state index in [1.807, 2.05) is 0 Å². The van der Waals surface area contributed by atoms with E-state index in [1.54, 1.807) is 0 Å². The Kier molecular flexibility index (Phi) is 4.59. The molecule has 0 aromatic carbocycles. The van der Waals surface area contributed by atoms with Crippen molar-refractivity contribution in [3.63, 3.8) is 0 Å². The molecule has 94 valence electrons. The van der Waals surface area contributed by atoms with Crippen LogP contribution >= 0.6 is 0 Å². The van der Waals surface area contributed by atoms with Gasteiger partial charge in [0.25, 0.3) is 0 Å². The third-order valence-electron chi connectivity index (χ3n) is 2.22. The molecule has 1 fully saturated rings. The lowest BCUT2D eigenvalue weighted by Gasteiger charge is -2.39. The fraction of sp³-hybridized carbons (Fsp3) is 0.875. The van der Waals surface area contributed by atoms with E-state index in [0.717, 1.165) is 0 Å². The van der Waals surface area contributed by atoms with Crippen molar-refractivity contribution in [1.82, 2.24) is 0 Å². The molecule has 0 spiro atoms. The standard InChI is InChI=1S/C8H14O8/c9-1-3-5(12)6(13)7(14)8(16-3)15-2-4(10)11/h3,5-9,12-14H,1-2H2,(H,10,11)/t3?,5-,6+,7?,8-/m1/s1. The molecule has 0 aliphatic carbocycles. The van der Waals surface area contributed by atoms with Crippen LogP contribution in [0.3, 0.4) is 0 Å². The average molecular weight is 238 g/mol. The highest BCUT2D eigenvalue weighted by Crippen LogP contribution is 2.21. The Hall–Kier alpha value is -0.770. The molecular weight excluding hydrogens is 224 g/mol. The fourth-order valence-electron chi connectivity index (χ4n) is 1.36. The highest BCUT2D eigenvalue weighted by Gasteiger charge is 2.44. The summed E-state index contributed by atoms with van der Waals surface area (Å²) in [5.74, 6) is -1.27. The summed E-state index contributed by atoms with van der Waals surface area (Å²) in [4.78, 5) is 10.2. The summed E-state index contributed by atoms with van der Waals surface area (Å²) in [6.45, 7) is -1.30. The summed E-state index contributed by atoms with van der Waals surface area (Å²) in [5, 5.41) is 45.3. The summed E-state index contributed by atoms with van der Waals surface area (Å²) >= 11 is 0. The van der Waals surface area contributed by atoms with Gasteiger partial charge in [0.15, 0.2) is 6.29 Å². The van der Waals surface area contributed by atoms with Crippen molar-refractivity contribution < 1.29 is 39.8 Å². The lowest BCUT2D eigenvalue weighted by molar-refractivity contribution is -0.300. The third-order valence-corrected chi connectivity index (χ3v) is 2.22. The molecule has 8 nitrogen and oxygen atoms in total. The number of hydrogen-bond acceptors (Lipinski definition) is 7. The zero-order valence-corrected chi connectivity index (χ0v) is 8.26. The van der Waals surface area contributed by atoms with Gasteiger partial charge in [0, 0.05) is 0 Å². The van der Waals surface area contributed by atoms with E-state index in [4.69, 9.17) is 14.9 Å². The minimum atomic E-state index is -1.57. The van der Waals surface area contributed by atoms with Crippen LogP contribution < -0.4 is 0 Å². The van der Waals surface area contributed by atoms with Gasteiger partial charge in [-0.1, -0.05) is 0 Å². The average Bonchev–Trinajstić information content (AvgIpc) is 2.25. The van der Waals surface area contributed by atoms with Crippen LogP contribution in [0.4, 0.5) is 0 Å². The van der Waals surface area contributed by atoms with Crippen LogP contribution in [0, 0.1) is 0 Å². The lowest BCUT2D eigenvalue weighted by Crippen LogP contribution is -2.59. The molecule has 0 aromatic rings. The minimum Gasteiger partial charge on any atom is -0.480 e. The second-order valence-corrected chi connectivity index (χ2v) is 3.40. The molecule has 0 aromatic heterocycles. The van der Waals surface area contributed by atoms with Gasteiger partial charge >= 0.3 is 5.97 Å². The van der Waals surface area contributed by atoms with Crippen LogP contribution in [0.5, 0.6) is 0 Å². The molecule has 1 heterocycles. The quantitative estimate of drug-likeness (QED) is 0.347. The Balaban J connectivity index is 2.60. The van der Waals surface area contributed by atoms with Gasteiger partial charge in [-0.15, -0.1) is 0 Å². The van der Waals surface area contributed by atoms with Crippen LogP contribution in [-0.4, -0.2) is 75.4 Å². The molecule has 0 amide bonds. The first kappa shape index (κ1) is 13.3. The van der Waals surface area contributed by atoms with Crippen molar-refractivity contribution in [2.75, 3.05) is 13.2 Å². The van der Waals surface area contributed by atoms with E-state index in [0.29, 0.717) is 0 Å². The Morgan fingerprint density at radius 1 is 1.19 bits per heavy atom. The number of hydrogen-bond donors (Lipinski definition) is 5. The van der Waals surface area contributed by atoms with Crippen LogP contribution in [0.15, 0.2) is 0 Å². The van der Waals surface area contributed by atoms with Crippen LogP contribution in [-0.2, 0) is 14.3 Å². The second-order valence-electron chi connectivity index (χ2n) is 3.40. The summed E-state index contributed by atoms with van der Waals surface area (Å²) in [7, 11) is 0. The Morgan fingerprint density at radius 3 is 2.31 bits per heavy atom. The highest BCUT2D eigenvalue weighted by molar-refractivity contribution is 5.68. The van der Waals surface area contributed by atoms with Crippen molar-refractivity contribution in [3.05, 3.63) is 0 Å². The second kappa shape index (κ2) is 5.53. The molecule has 1 saturated heterocycles. The van der Waals surface area contributed by atoms with Gasteiger partial charge in [0.2, 0.25) is 0 Å². The van der Waals surface area contributed by atoms with Crippen molar-refractivity contribution >= 4 is 5.97 Å². The largest absolute Gasteiger partial charge is 0.480 e. The zero-order valence-electron chi connectivity index (χ0n) is 8.26. The number of carboxylic acid groups (broad SMARTS) is 1. The van der Waals surface area contributed by atoms with Crippen LogP contribution in [0.2, 0.25) is 0 Å². The van der Waals surface area contributed by atoms with E-state index < -0.39 is 49.9 Å². The summed E-state index contributed by atoms with van der Waals surface area (Å²) < 4.78 is 9.54. The van der Waals surface area contributed by atoms with E-state index in [2.05, 4.69) is 4.74 Å². The summed E-state index contributed by atoms with van der Waals surface area (Å²) in [5.41, 5.74) is 0. The molecule has 16 heavy (non-hydrogen) atoms. The molecule has 1 aliphatic heterocycles. The van der Waals surface area contributed by atoms with E-state index in [9.17, 15) is 20.1 Å². The Morgan fingerprint density at radius 2 is 1.81 bits per heavy atom. The maximum absolute atomic E-state index is 10.2. The van der Waals surface area contributed by atoms with E-state index in [-0.39, 0.29) is 0 Å². The molecule has 0 saturated carbocycles. The van der Waals surface area contributed by atoms with Gasteiger partial charge in [-0.3, -0.25) is 0 Å². The predicted molar refractivity (Wildman–Crippen MR) is 47.4 cm³/mol. The molecule has 5 atom stereocenters. The number of ether oxygens (including phenoxy) is 2. The van der Waals surface area contributed by atoms with Gasteiger partial charge in [0.1, 0.15) is 31.0 Å². The minimum absolute atomic E-state index is 0.585. The Bertz CT molecular complexity index is 242. The van der Waals surface area contributed by atoms with Gasteiger partial charge in [-0.2, -0.15) is 0 Å².